The van der Waals surface area contributed by atoms with Gasteiger partial charge in [-0.15, -0.1) is 0 Å². The number of rotatable bonds is 5. The summed E-state index contributed by atoms with van der Waals surface area (Å²) in [5, 5.41) is 15.4. The Bertz CT molecular complexity index is 869. The Morgan fingerprint density at radius 2 is 1.46 bits per heavy atom. The van der Waals surface area contributed by atoms with Crippen LogP contribution in [-0.2, 0) is 0 Å². The number of allylic oxidation sites excluding steroid dienone is 1. The largest absolute Gasteiger partial charge is 0.386 e. The van der Waals surface area contributed by atoms with Gasteiger partial charge in [0.25, 0.3) is 11.8 Å². The van der Waals surface area contributed by atoms with Crippen molar-refractivity contribution in [2.45, 2.75) is 74.9 Å². The van der Waals surface area contributed by atoms with E-state index in [-0.39, 0.29) is 29.7 Å². The molecule has 3 aliphatic carbocycles. The van der Waals surface area contributed by atoms with Gasteiger partial charge in [-0.25, -0.2) is 22.0 Å². The summed E-state index contributed by atoms with van der Waals surface area (Å²) in [4.78, 5) is 12.0. The van der Waals surface area contributed by atoms with Crippen molar-refractivity contribution in [3.8, 4) is 0 Å². The highest BCUT2D eigenvalue weighted by Crippen LogP contribution is 2.40. The average Bonchev–Trinajstić information content (AvgIpc) is 2.57. The van der Waals surface area contributed by atoms with Gasteiger partial charge >= 0.3 is 0 Å². The van der Waals surface area contributed by atoms with Crippen LogP contribution in [0.3, 0.4) is 0 Å². The molecule has 3 aliphatic rings. The van der Waals surface area contributed by atoms with Crippen LogP contribution in [0.25, 0.3) is 5.57 Å². The molecule has 0 aliphatic heterocycles. The summed E-state index contributed by atoms with van der Waals surface area (Å²) in [5.74, 6) is -7.84. The summed E-state index contributed by atoms with van der Waals surface area (Å²) >= 11 is 0. The topological polar surface area (TPSA) is 83.0 Å². The third-order valence-corrected chi connectivity index (χ3v) is 4.89. The summed E-state index contributed by atoms with van der Waals surface area (Å²) in [6, 6.07) is -1.31. The monoisotopic (exact) mass is 408 g/mol. The van der Waals surface area contributed by atoms with Gasteiger partial charge in [0.15, 0.2) is 5.82 Å². The fourth-order valence-electron chi connectivity index (χ4n) is 3.38. The first-order valence-corrected chi connectivity index (χ1v) is 8.84. The predicted molar refractivity (Wildman–Crippen MR) is 90.9 cm³/mol. The van der Waals surface area contributed by atoms with Gasteiger partial charge in [-0.3, -0.25) is 0 Å². The second-order valence-corrected chi connectivity index (χ2v) is 7.34. The Kier molecular flexibility index (Phi) is 3.84. The van der Waals surface area contributed by atoms with Gasteiger partial charge in [0.1, 0.15) is 11.9 Å². The molecule has 154 valence electrons. The minimum Gasteiger partial charge on any atom is -0.386 e. The predicted octanol–water partition coefficient (Wildman–Crippen LogP) is 3.52. The fraction of sp³-hybridized carbons (Fsp3) is 0.706. The van der Waals surface area contributed by atoms with Crippen molar-refractivity contribution in [1.29, 1.82) is 0 Å². The molecule has 0 bridgehead atoms. The van der Waals surface area contributed by atoms with Gasteiger partial charge in [-0.05, 0) is 19.2 Å². The Morgan fingerprint density at radius 3 is 1.93 bits per heavy atom. The van der Waals surface area contributed by atoms with E-state index in [1.807, 2.05) is 0 Å². The van der Waals surface area contributed by atoms with E-state index in [4.69, 9.17) is 4.11 Å². The number of halogens is 5. The summed E-state index contributed by atoms with van der Waals surface area (Å²) < 4.78 is 90.3. The Labute approximate surface area is 161 Å². The molecule has 0 spiro atoms. The van der Waals surface area contributed by atoms with Crippen LogP contribution in [0.1, 0.15) is 54.8 Å². The SMILES string of the molecule is [2H]C1([2H])CCC(c2nc(NC3CC(F)(F)C3)nc(NC3CC(F)(F)C3)n2)=C(F)[C@@]1([2H])O. The van der Waals surface area contributed by atoms with Crippen molar-refractivity contribution in [2.75, 3.05) is 10.6 Å². The molecule has 0 saturated heterocycles. The average molecular weight is 408 g/mol. The number of anilines is 2. The lowest BCUT2D eigenvalue weighted by atomic mass is 9.88. The minimum absolute atomic E-state index is 0.193. The lowest BCUT2D eigenvalue weighted by Gasteiger charge is -2.36. The fourth-order valence-corrected chi connectivity index (χ4v) is 3.38. The summed E-state index contributed by atoms with van der Waals surface area (Å²) in [6.07, 6.45) is -8.21. The smallest absolute Gasteiger partial charge is 0.252 e. The molecule has 2 saturated carbocycles. The van der Waals surface area contributed by atoms with Crippen LogP contribution in [0.5, 0.6) is 0 Å². The van der Waals surface area contributed by atoms with E-state index in [0.29, 0.717) is 0 Å². The van der Waals surface area contributed by atoms with E-state index in [1.165, 1.54) is 0 Å². The standard InChI is InChI=1S/C17H20F5N5O/c18-12-10(2-1-3-11(12)28)13-25-14(23-8-4-16(19,20)5-8)27-15(26-13)24-9-6-17(21,22)7-9/h8-9,11,28H,1-7H2,(H2,23,24,25,26,27)/t11-/m0/s1/i3D2,11D. The molecule has 3 N–H and O–H groups in total. The van der Waals surface area contributed by atoms with Crippen molar-refractivity contribution in [2.24, 2.45) is 0 Å². The van der Waals surface area contributed by atoms with Crippen LogP contribution in [0.4, 0.5) is 33.8 Å². The third kappa shape index (κ3) is 4.03. The van der Waals surface area contributed by atoms with E-state index in [2.05, 4.69) is 25.6 Å². The van der Waals surface area contributed by atoms with Crippen LogP contribution in [0.2, 0.25) is 0 Å². The molecule has 11 heteroatoms. The van der Waals surface area contributed by atoms with E-state index < -0.39 is 74.3 Å². The zero-order chi connectivity index (χ0) is 22.8. The van der Waals surface area contributed by atoms with E-state index >= 15 is 0 Å². The van der Waals surface area contributed by atoms with Crippen molar-refractivity contribution in [3.05, 3.63) is 11.7 Å². The zero-order valence-corrected chi connectivity index (χ0v) is 14.6. The highest BCUT2D eigenvalue weighted by atomic mass is 19.3. The molecule has 6 nitrogen and oxygen atoms in total. The van der Waals surface area contributed by atoms with Gasteiger partial charge in [0, 0.05) is 46.1 Å². The second-order valence-electron chi connectivity index (χ2n) is 7.34. The Hall–Kier alpha value is -2.04. The van der Waals surface area contributed by atoms with Crippen LogP contribution >= 0.6 is 0 Å². The molecule has 0 unspecified atom stereocenters. The highest BCUT2D eigenvalue weighted by Gasteiger charge is 2.46. The lowest BCUT2D eigenvalue weighted by molar-refractivity contribution is -0.0799. The first kappa shape index (κ1) is 15.8. The van der Waals surface area contributed by atoms with E-state index in [0.717, 1.165) is 0 Å². The molecule has 0 amide bonds. The number of nitrogens with zero attached hydrogens (tertiary/aromatic N) is 3. The highest BCUT2D eigenvalue weighted by molar-refractivity contribution is 5.65. The lowest BCUT2D eigenvalue weighted by Crippen LogP contribution is -2.45. The summed E-state index contributed by atoms with van der Waals surface area (Å²) in [5.41, 5.74) is -0.334. The van der Waals surface area contributed by atoms with Crippen LogP contribution in [-0.4, -0.2) is 50.1 Å². The molecule has 2 fully saturated rings. The number of hydrogen-bond acceptors (Lipinski definition) is 6. The van der Waals surface area contributed by atoms with Crippen LogP contribution in [0.15, 0.2) is 5.83 Å². The normalized spacial score (nSPS) is 33.1. The number of hydrogen-bond donors (Lipinski definition) is 3. The Morgan fingerprint density at radius 1 is 0.964 bits per heavy atom. The van der Waals surface area contributed by atoms with Crippen molar-refractivity contribution in [3.63, 3.8) is 0 Å². The van der Waals surface area contributed by atoms with Gasteiger partial charge in [0.05, 0.1) is 1.37 Å². The van der Waals surface area contributed by atoms with Crippen LogP contribution < -0.4 is 10.6 Å². The molecule has 1 atom stereocenters. The van der Waals surface area contributed by atoms with Gasteiger partial charge in [-0.2, -0.15) is 15.0 Å². The minimum atomic E-state index is -3.17. The van der Waals surface area contributed by atoms with Gasteiger partial charge in [-0.1, -0.05) is 0 Å². The number of nitrogens with one attached hydrogen (secondary N) is 2. The summed E-state index contributed by atoms with van der Waals surface area (Å²) in [7, 11) is 0. The number of alkyl halides is 4. The zero-order valence-electron chi connectivity index (χ0n) is 17.6. The van der Waals surface area contributed by atoms with Crippen molar-refractivity contribution < 1.29 is 31.2 Å². The maximum atomic E-state index is 14.8. The maximum absolute atomic E-state index is 14.8. The summed E-state index contributed by atoms with van der Waals surface area (Å²) in [6.45, 7) is 0. The molecule has 1 aromatic heterocycles. The first-order chi connectivity index (χ1) is 14.2. The second kappa shape index (κ2) is 6.78. The van der Waals surface area contributed by atoms with E-state index in [9.17, 15) is 27.1 Å². The Balaban J connectivity index is 1.64. The molecule has 1 aromatic rings. The molecule has 0 aromatic carbocycles. The number of aliphatic hydroxyl groups is 1. The third-order valence-electron chi connectivity index (χ3n) is 4.89. The van der Waals surface area contributed by atoms with Gasteiger partial charge in [0.2, 0.25) is 11.9 Å². The quantitative estimate of drug-likeness (QED) is 0.647. The van der Waals surface area contributed by atoms with Crippen LogP contribution in [0, 0.1) is 0 Å². The van der Waals surface area contributed by atoms with Gasteiger partial charge < -0.3 is 15.7 Å². The maximum Gasteiger partial charge on any atom is 0.252 e. The molecule has 1 heterocycles. The first-order valence-electron chi connectivity index (χ1n) is 10.3. The van der Waals surface area contributed by atoms with Crippen molar-refractivity contribution >= 4 is 17.5 Å². The number of aromatic nitrogens is 3. The van der Waals surface area contributed by atoms with Crippen molar-refractivity contribution in [1.82, 2.24) is 15.0 Å². The van der Waals surface area contributed by atoms with E-state index in [1.54, 1.807) is 0 Å². The molecule has 4 rings (SSSR count). The molecule has 28 heavy (non-hydrogen) atoms. The molecule has 0 radical (unpaired) electrons. The molecular weight excluding hydrogens is 385 g/mol. The molecular formula is C17H20F5N5O.